The predicted molar refractivity (Wildman–Crippen MR) is 63.4 cm³/mol. The van der Waals surface area contributed by atoms with Crippen molar-refractivity contribution in [2.45, 2.75) is 57.6 Å². The molecule has 0 bridgehead atoms. The molecule has 0 aliphatic carbocycles. The Hall–Kier alpha value is -0.380. The summed E-state index contributed by atoms with van der Waals surface area (Å²) >= 11 is 0. The Morgan fingerprint density at radius 1 is 1.60 bits per heavy atom. The molecule has 0 aromatic heterocycles. The third-order valence-corrected chi connectivity index (χ3v) is 3.30. The lowest BCUT2D eigenvalue weighted by atomic mass is 9.85. The minimum atomic E-state index is -0.0948. The highest BCUT2D eigenvalue weighted by molar-refractivity contribution is 4.95. The topological polar surface area (TPSA) is 47.3 Å². The van der Waals surface area contributed by atoms with Gasteiger partial charge in [-0.3, -0.25) is 11.3 Å². The molecule has 0 spiro atoms. The molecule has 1 aliphatic heterocycles. The number of allylic oxidation sites excluding steroid dienone is 1. The zero-order valence-electron chi connectivity index (χ0n) is 10.0. The number of ether oxygens (including phenoxy) is 1. The Labute approximate surface area is 93.0 Å². The molecule has 3 nitrogen and oxygen atoms in total. The summed E-state index contributed by atoms with van der Waals surface area (Å²) < 4.78 is 5.88. The quantitative estimate of drug-likeness (QED) is 0.417. The summed E-state index contributed by atoms with van der Waals surface area (Å²) in [5.74, 6) is 5.62. The van der Waals surface area contributed by atoms with Crippen molar-refractivity contribution in [2.24, 2.45) is 5.84 Å². The molecule has 88 valence electrons. The van der Waals surface area contributed by atoms with Gasteiger partial charge in [-0.25, -0.2) is 0 Å². The van der Waals surface area contributed by atoms with Crippen molar-refractivity contribution in [2.75, 3.05) is 6.61 Å². The van der Waals surface area contributed by atoms with Gasteiger partial charge in [0.1, 0.15) is 0 Å². The van der Waals surface area contributed by atoms with Crippen molar-refractivity contribution < 1.29 is 4.74 Å². The van der Waals surface area contributed by atoms with E-state index in [0.717, 1.165) is 25.9 Å². The second-order valence-corrected chi connectivity index (χ2v) is 4.83. The van der Waals surface area contributed by atoms with E-state index in [0.29, 0.717) is 0 Å². The van der Waals surface area contributed by atoms with Crippen LogP contribution in [0.4, 0.5) is 0 Å². The molecule has 1 rings (SSSR count). The summed E-state index contributed by atoms with van der Waals surface area (Å²) in [6.45, 7) is 9.00. The molecule has 0 amide bonds. The molecule has 3 N–H and O–H groups in total. The van der Waals surface area contributed by atoms with Gasteiger partial charge in [-0.15, -0.1) is 6.58 Å². The van der Waals surface area contributed by atoms with E-state index in [1.165, 1.54) is 18.4 Å². The lowest BCUT2D eigenvalue weighted by Gasteiger charge is -2.40. The van der Waals surface area contributed by atoms with Gasteiger partial charge in [-0.1, -0.05) is 5.57 Å². The van der Waals surface area contributed by atoms with E-state index in [-0.39, 0.29) is 11.6 Å². The van der Waals surface area contributed by atoms with Crippen LogP contribution in [0, 0.1) is 0 Å². The normalized spacial score (nSPS) is 28.7. The molecular weight excluding hydrogens is 188 g/mol. The van der Waals surface area contributed by atoms with Crippen LogP contribution in [-0.2, 0) is 4.74 Å². The Morgan fingerprint density at radius 3 is 2.80 bits per heavy atom. The fraction of sp³-hybridized carbons (Fsp3) is 0.833. The zero-order valence-corrected chi connectivity index (χ0v) is 10.0. The first-order valence-corrected chi connectivity index (χ1v) is 5.83. The molecule has 1 saturated heterocycles. The van der Waals surface area contributed by atoms with Gasteiger partial charge in [0.05, 0.1) is 11.6 Å². The number of hydrogen-bond donors (Lipinski definition) is 2. The zero-order chi connectivity index (χ0) is 11.3. The van der Waals surface area contributed by atoms with E-state index < -0.39 is 0 Å². The van der Waals surface area contributed by atoms with E-state index in [1.807, 2.05) is 0 Å². The van der Waals surface area contributed by atoms with Gasteiger partial charge in [0, 0.05) is 6.61 Å². The molecule has 1 aliphatic rings. The van der Waals surface area contributed by atoms with Crippen molar-refractivity contribution in [3.63, 3.8) is 0 Å². The van der Waals surface area contributed by atoms with Gasteiger partial charge in [0.25, 0.3) is 0 Å². The SMILES string of the molecule is C=C(C)CCC(NN)C1(C)CCCCO1. The molecule has 1 heterocycles. The maximum absolute atomic E-state index is 5.88. The van der Waals surface area contributed by atoms with Crippen LogP contribution in [0.1, 0.15) is 46.0 Å². The largest absolute Gasteiger partial charge is 0.374 e. The van der Waals surface area contributed by atoms with Crippen molar-refractivity contribution in [1.82, 2.24) is 5.43 Å². The third kappa shape index (κ3) is 3.59. The van der Waals surface area contributed by atoms with Gasteiger partial charge in [0.2, 0.25) is 0 Å². The van der Waals surface area contributed by atoms with Crippen molar-refractivity contribution >= 4 is 0 Å². The first kappa shape index (κ1) is 12.7. The first-order chi connectivity index (χ1) is 7.08. The van der Waals surface area contributed by atoms with Crippen LogP contribution in [0.25, 0.3) is 0 Å². The van der Waals surface area contributed by atoms with Crippen molar-refractivity contribution in [3.8, 4) is 0 Å². The van der Waals surface area contributed by atoms with E-state index >= 15 is 0 Å². The molecule has 2 unspecified atom stereocenters. The average Bonchev–Trinajstić information content (AvgIpc) is 2.19. The Kier molecular flexibility index (Phi) is 4.77. The Balaban J connectivity index is 2.51. The highest BCUT2D eigenvalue weighted by Crippen LogP contribution is 2.30. The van der Waals surface area contributed by atoms with E-state index in [4.69, 9.17) is 10.6 Å². The molecule has 1 fully saturated rings. The summed E-state index contributed by atoms with van der Waals surface area (Å²) in [7, 11) is 0. The number of nitrogens with one attached hydrogen (secondary N) is 1. The smallest absolute Gasteiger partial charge is 0.0820 e. The Bertz CT molecular complexity index is 210. The summed E-state index contributed by atoms with van der Waals surface area (Å²) in [5, 5.41) is 0. The highest BCUT2D eigenvalue weighted by Gasteiger charge is 2.35. The average molecular weight is 212 g/mol. The van der Waals surface area contributed by atoms with E-state index in [9.17, 15) is 0 Å². The fourth-order valence-electron chi connectivity index (χ4n) is 2.19. The van der Waals surface area contributed by atoms with Gasteiger partial charge < -0.3 is 4.74 Å². The molecule has 0 aromatic carbocycles. The Morgan fingerprint density at radius 2 is 2.33 bits per heavy atom. The van der Waals surface area contributed by atoms with Crippen LogP contribution in [0.15, 0.2) is 12.2 Å². The number of hydrazine groups is 1. The van der Waals surface area contributed by atoms with Crippen LogP contribution in [-0.4, -0.2) is 18.2 Å². The van der Waals surface area contributed by atoms with Crippen molar-refractivity contribution in [1.29, 1.82) is 0 Å². The summed E-state index contributed by atoms with van der Waals surface area (Å²) in [4.78, 5) is 0. The highest BCUT2D eigenvalue weighted by atomic mass is 16.5. The van der Waals surface area contributed by atoms with Crippen LogP contribution in [0.2, 0.25) is 0 Å². The predicted octanol–water partition coefficient (Wildman–Crippen LogP) is 2.13. The monoisotopic (exact) mass is 212 g/mol. The van der Waals surface area contributed by atoms with Gasteiger partial charge >= 0.3 is 0 Å². The molecule has 0 saturated carbocycles. The lowest BCUT2D eigenvalue weighted by Crippen LogP contribution is -2.54. The molecule has 3 heteroatoms. The second-order valence-electron chi connectivity index (χ2n) is 4.83. The van der Waals surface area contributed by atoms with Gasteiger partial charge in [-0.05, 0) is 46.0 Å². The summed E-state index contributed by atoms with van der Waals surface area (Å²) in [6, 6.07) is 0.231. The first-order valence-electron chi connectivity index (χ1n) is 5.83. The summed E-state index contributed by atoms with van der Waals surface area (Å²) in [5.41, 5.74) is 4.01. The number of rotatable bonds is 5. The van der Waals surface area contributed by atoms with Crippen LogP contribution >= 0.6 is 0 Å². The van der Waals surface area contributed by atoms with Crippen molar-refractivity contribution in [3.05, 3.63) is 12.2 Å². The number of hydrogen-bond acceptors (Lipinski definition) is 3. The van der Waals surface area contributed by atoms with Crippen LogP contribution in [0.3, 0.4) is 0 Å². The van der Waals surface area contributed by atoms with Gasteiger partial charge in [-0.2, -0.15) is 0 Å². The second kappa shape index (κ2) is 5.64. The standard InChI is InChI=1S/C12H24N2O/c1-10(2)6-7-11(14-13)12(3)8-4-5-9-15-12/h11,14H,1,4-9,13H2,2-3H3. The molecule has 15 heavy (non-hydrogen) atoms. The summed E-state index contributed by atoms with van der Waals surface area (Å²) in [6.07, 6.45) is 5.52. The minimum Gasteiger partial charge on any atom is -0.374 e. The van der Waals surface area contributed by atoms with Gasteiger partial charge in [0.15, 0.2) is 0 Å². The maximum atomic E-state index is 5.88. The lowest BCUT2D eigenvalue weighted by molar-refractivity contribution is -0.0900. The fourth-order valence-corrected chi connectivity index (χ4v) is 2.19. The molecular formula is C12H24N2O. The number of nitrogens with two attached hydrogens (primary N) is 1. The third-order valence-electron chi connectivity index (χ3n) is 3.30. The molecule has 0 radical (unpaired) electrons. The molecule has 0 aromatic rings. The van der Waals surface area contributed by atoms with E-state index in [2.05, 4.69) is 25.9 Å². The minimum absolute atomic E-state index is 0.0948. The van der Waals surface area contributed by atoms with Crippen LogP contribution < -0.4 is 11.3 Å². The molecule has 2 atom stereocenters. The van der Waals surface area contributed by atoms with Crippen LogP contribution in [0.5, 0.6) is 0 Å². The maximum Gasteiger partial charge on any atom is 0.0820 e. The van der Waals surface area contributed by atoms with E-state index in [1.54, 1.807) is 0 Å².